The molecule has 2 aromatic rings. The highest BCUT2D eigenvalue weighted by atomic mass is 19.4. The molecule has 8 heteroatoms. The molecule has 0 fully saturated rings. The fourth-order valence-electron chi connectivity index (χ4n) is 3.00. The molecule has 2 unspecified atom stereocenters. The van der Waals surface area contributed by atoms with Crippen molar-refractivity contribution in [2.75, 3.05) is 6.61 Å². The Balaban J connectivity index is 1.86. The first-order valence-corrected chi connectivity index (χ1v) is 8.18. The largest absolute Gasteiger partial charge is 0.466 e. The van der Waals surface area contributed by atoms with Crippen LogP contribution in [0, 0.1) is 5.92 Å². The number of rotatable bonds is 3. The third-order valence-corrected chi connectivity index (χ3v) is 4.34. The number of nitrogens with zero attached hydrogens (tertiary/aromatic N) is 2. The number of alkyl halides is 3. The Kier molecular flexibility index (Phi) is 4.95. The summed E-state index contributed by atoms with van der Waals surface area (Å²) >= 11 is 0. The van der Waals surface area contributed by atoms with Gasteiger partial charge in [-0.3, -0.25) is 4.79 Å². The zero-order valence-corrected chi connectivity index (χ0v) is 14.0. The number of hydrogen-bond donors (Lipinski definition) is 1. The fourth-order valence-corrected chi connectivity index (χ4v) is 3.00. The number of halogens is 3. The predicted octanol–water partition coefficient (Wildman–Crippen LogP) is 3.32. The van der Waals surface area contributed by atoms with Gasteiger partial charge < -0.3 is 9.84 Å². The van der Waals surface area contributed by atoms with E-state index in [1.807, 2.05) is 0 Å². The summed E-state index contributed by atoms with van der Waals surface area (Å²) < 4.78 is 43.0. The maximum atomic E-state index is 12.7. The van der Waals surface area contributed by atoms with Crippen LogP contribution in [0.4, 0.5) is 13.2 Å². The maximum Gasteiger partial charge on any atom is 0.416 e. The predicted molar refractivity (Wildman–Crippen MR) is 85.9 cm³/mol. The van der Waals surface area contributed by atoms with Gasteiger partial charge in [0, 0.05) is 17.5 Å². The smallest absolute Gasteiger partial charge is 0.416 e. The number of esters is 1. The van der Waals surface area contributed by atoms with Crippen molar-refractivity contribution in [1.82, 2.24) is 10.2 Å². The van der Waals surface area contributed by atoms with Crippen LogP contribution in [0.2, 0.25) is 0 Å². The molecule has 3 rings (SSSR count). The third-order valence-electron chi connectivity index (χ3n) is 4.34. The quantitative estimate of drug-likeness (QED) is 0.844. The second-order valence-corrected chi connectivity index (χ2v) is 6.11. The van der Waals surface area contributed by atoms with Crippen LogP contribution in [-0.4, -0.2) is 27.9 Å². The second kappa shape index (κ2) is 7.03. The second-order valence-electron chi connectivity index (χ2n) is 6.11. The highest BCUT2D eigenvalue weighted by Crippen LogP contribution is 2.35. The van der Waals surface area contributed by atoms with Crippen LogP contribution < -0.4 is 0 Å². The van der Waals surface area contributed by atoms with Gasteiger partial charge in [-0.15, -0.1) is 0 Å². The standard InChI is InChI=1S/C18H17F3N2O3/c1-2-26-17(25)11-7-15-13(16(24)8-11)9-14(22-23-15)10-3-5-12(6-4-10)18(19,20)21/h3-6,9,11,16,24H,2,7-8H2,1H3. The molecule has 1 aromatic heterocycles. The van der Waals surface area contributed by atoms with Gasteiger partial charge in [0.15, 0.2) is 0 Å². The Morgan fingerprint density at radius 2 is 1.96 bits per heavy atom. The highest BCUT2D eigenvalue weighted by molar-refractivity contribution is 5.73. The van der Waals surface area contributed by atoms with Gasteiger partial charge in [0.05, 0.1) is 35.6 Å². The van der Waals surface area contributed by atoms with Crippen molar-refractivity contribution >= 4 is 5.97 Å². The topological polar surface area (TPSA) is 72.3 Å². The van der Waals surface area contributed by atoms with Gasteiger partial charge >= 0.3 is 12.1 Å². The number of aliphatic hydroxyl groups is 1. The molecule has 0 bridgehead atoms. The summed E-state index contributed by atoms with van der Waals surface area (Å²) in [6.45, 7) is 1.97. The molecule has 0 spiro atoms. The summed E-state index contributed by atoms with van der Waals surface area (Å²) in [5, 5.41) is 18.5. The van der Waals surface area contributed by atoms with Crippen molar-refractivity contribution in [3.8, 4) is 11.3 Å². The number of aliphatic hydroxyl groups excluding tert-OH is 1. The highest BCUT2D eigenvalue weighted by Gasteiger charge is 2.33. The van der Waals surface area contributed by atoms with E-state index in [1.165, 1.54) is 12.1 Å². The van der Waals surface area contributed by atoms with E-state index in [-0.39, 0.29) is 19.0 Å². The van der Waals surface area contributed by atoms with Gasteiger partial charge in [-0.25, -0.2) is 0 Å². The Morgan fingerprint density at radius 3 is 2.58 bits per heavy atom. The van der Waals surface area contributed by atoms with Gasteiger partial charge in [-0.2, -0.15) is 23.4 Å². The van der Waals surface area contributed by atoms with E-state index < -0.39 is 23.8 Å². The van der Waals surface area contributed by atoms with Crippen LogP contribution in [0.5, 0.6) is 0 Å². The SMILES string of the molecule is CCOC(=O)C1Cc2nnc(-c3ccc(C(F)(F)F)cc3)cc2C(O)C1. The van der Waals surface area contributed by atoms with Crippen molar-refractivity contribution in [2.45, 2.75) is 32.0 Å². The number of carbonyl (C=O) groups is 1. The molecule has 1 N–H and O–H groups in total. The van der Waals surface area contributed by atoms with E-state index in [2.05, 4.69) is 10.2 Å². The first-order valence-electron chi connectivity index (χ1n) is 8.18. The van der Waals surface area contributed by atoms with Crippen LogP contribution in [0.25, 0.3) is 11.3 Å². The molecule has 26 heavy (non-hydrogen) atoms. The third kappa shape index (κ3) is 3.70. The van der Waals surface area contributed by atoms with Crippen LogP contribution in [0.15, 0.2) is 30.3 Å². The maximum absolute atomic E-state index is 12.7. The average Bonchev–Trinajstić information content (AvgIpc) is 2.61. The van der Waals surface area contributed by atoms with E-state index in [4.69, 9.17) is 4.74 Å². The average molecular weight is 366 g/mol. The lowest BCUT2D eigenvalue weighted by Crippen LogP contribution is -2.28. The minimum absolute atomic E-state index is 0.212. The molecule has 0 aliphatic heterocycles. The summed E-state index contributed by atoms with van der Waals surface area (Å²) in [6.07, 6.45) is -4.79. The first-order chi connectivity index (χ1) is 12.3. The molecule has 1 aliphatic carbocycles. The Morgan fingerprint density at radius 1 is 1.27 bits per heavy atom. The molecule has 0 saturated heterocycles. The van der Waals surface area contributed by atoms with Gasteiger partial charge in [-0.1, -0.05) is 12.1 Å². The molecular formula is C18H17F3N2O3. The minimum atomic E-state index is -4.40. The number of hydrogen-bond acceptors (Lipinski definition) is 5. The van der Waals surface area contributed by atoms with Crippen LogP contribution in [0.1, 0.15) is 36.3 Å². The molecule has 5 nitrogen and oxygen atoms in total. The summed E-state index contributed by atoms with van der Waals surface area (Å²) in [6, 6.07) is 6.19. The van der Waals surface area contributed by atoms with Crippen molar-refractivity contribution in [3.63, 3.8) is 0 Å². The number of carbonyl (C=O) groups excluding carboxylic acids is 1. The Bertz CT molecular complexity index is 806. The Hall–Kier alpha value is -2.48. The van der Waals surface area contributed by atoms with Gasteiger partial charge in [0.25, 0.3) is 0 Å². The normalized spacial score (nSPS) is 19.7. The molecule has 0 radical (unpaired) electrons. The van der Waals surface area contributed by atoms with Crippen LogP contribution >= 0.6 is 0 Å². The Labute approximate surface area is 147 Å². The molecular weight excluding hydrogens is 349 g/mol. The van der Waals surface area contributed by atoms with Crippen molar-refractivity contribution in [1.29, 1.82) is 0 Å². The number of fused-ring (bicyclic) bond motifs is 1. The lowest BCUT2D eigenvalue weighted by Gasteiger charge is -2.26. The zero-order chi connectivity index (χ0) is 18.9. The van der Waals surface area contributed by atoms with Crippen molar-refractivity contribution < 1.29 is 27.8 Å². The summed E-state index contributed by atoms with van der Waals surface area (Å²) in [4.78, 5) is 11.9. The number of benzene rings is 1. The number of aromatic nitrogens is 2. The molecule has 0 saturated carbocycles. The van der Waals surface area contributed by atoms with Gasteiger partial charge in [0.2, 0.25) is 0 Å². The summed E-state index contributed by atoms with van der Waals surface area (Å²) in [5.74, 6) is -0.866. The van der Waals surface area contributed by atoms with E-state index in [9.17, 15) is 23.1 Å². The van der Waals surface area contributed by atoms with Crippen molar-refractivity contribution in [3.05, 3.63) is 47.2 Å². The summed E-state index contributed by atoms with van der Waals surface area (Å²) in [5.41, 5.74) is 1.12. The first kappa shape index (κ1) is 18.3. The minimum Gasteiger partial charge on any atom is -0.466 e. The molecule has 1 aromatic carbocycles. The van der Waals surface area contributed by atoms with E-state index in [0.717, 1.165) is 12.1 Å². The van der Waals surface area contributed by atoms with E-state index in [1.54, 1.807) is 13.0 Å². The van der Waals surface area contributed by atoms with E-state index in [0.29, 0.717) is 28.9 Å². The van der Waals surface area contributed by atoms with Crippen LogP contribution in [-0.2, 0) is 22.1 Å². The van der Waals surface area contributed by atoms with E-state index >= 15 is 0 Å². The number of ether oxygens (including phenoxy) is 1. The molecule has 0 amide bonds. The van der Waals surface area contributed by atoms with Gasteiger partial charge in [-0.05, 0) is 31.5 Å². The lowest BCUT2D eigenvalue weighted by molar-refractivity contribution is -0.149. The summed E-state index contributed by atoms with van der Waals surface area (Å²) in [7, 11) is 0. The van der Waals surface area contributed by atoms with Crippen LogP contribution in [0.3, 0.4) is 0 Å². The van der Waals surface area contributed by atoms with Gasteiger partial charge in [0.1, 0.15) is 0 Å². The zero-order valence-electron chi connectivity index (χ0n) is 14.0. The molecule has 2 atom stereocenters. The molecule has 1 aliphatic rings. The van der Waals surface area contributed by atoms with Crippen molar-refractivity contribution in [2.24, 2.45) is 5.92 Å². The monoisotopic (exact) mass is 366 g/mol. The molecule has 1 heterocycles. The molecule has 138 valence electrons. The fraction of sp³-hybridized carbons (Fsp3) is 0.389. The lowest BCUT2D eigenvalue weighted by atomic mass is 9.84.